The number of hydrogen-bond acceptors (Lipinski definition) is 4. The van der Waals surface area contributed by atoms with Crippen LogP contribution in [-0.2, 0) is 16.2 Å². The average molecular weight is 458 g/mol. The smallest absolute Gasteiger partial charge is 0.268 e. The molecule has 1 unspecified atom stereocenters. The fourth-order valence-corrected chi connectivity index (χ4v) is 5.97. The van der Waals surface area contributed by atoms with Gasteiger partial charge in [-0.25, -0.2) is 4.39 Å². The van der Waals surface area contributed by atoms with Crippen molar-refractivity contribution in [3.8, 4) is 6.07 Å². The number of hydrogen-bond donors (Lipinski definition) is 0. The van der Waals surface area contributed by atoms with E-state index >= 15 is 0 Å². The highest BCUT2D eigenvalue weighted by Gasteiger charge is 2.59. The molecular formula is C26H20FN3O2S. The number of rotatable bonds is 3. The van der Waals surface area contributed by atoms with Crippen molar-refractivity contribution in [3.63, 3.8) is 0 Å². The summed E-state index contributed by atoms with van der Waals surface area (Å²) in [6.07, 6.45) is 0. The van der Waals surface area contributed by atoms with E-state index in [1.165, 1.54) is 23.9 Å². The molecule has 1 spiro atoms. The van der Waals surface area contributed by atoms with Gasteiger partial charge in [0.25, 0.3) is 11.8 Å². The molecule has 2 heterocycles. The number of fused-ring (bicyclic) bond motifs is 2. The van der Waals surface area contributed by atoms with E-state index in [2.05, 4.69) is 6.07 Å². The Labute approximate surface area is 195 Å². The van der Waals surface area contributed by atoms with Gasteiger partial charge in [0.1, 0.15) is 5.82 Å². The van der Waals surface area contributed by atoms with Gasteiger partial charge in [0.05, 0.1) is 23.9 Å². The summed E-state index contributed by atoms with van der Waals surface area (Å²) in [5, 5.41) is 9.23. The molecule has 0 aromatic heterocycles. The van der Waals surface area contributed by atoms with Crippen molar-refractivity contribution in [2.45, 2.75) is 18.3 Å². The highest BCUT2D eigenvalue weighted by Crippen LogP contribution is 2.54. The first-order valence-corrected chi connectivity index (χ1v) is 11.6. The minimum atomic E-state index is -1.31. The molecule has 0 bridgehead atoms. The predicted octanol–water partition coefficient (Wildman–Crippen LogP) is 4.59. The van der Waals surface area contributed by atoms with Crippen molar-refractivity contribution >= 4 is 29.3 Å². The van der Waals surface area contributed by atoms with Crippen LogP contribution >= 0.6 is 11.8 Å². The number of halogens is 1. The summed E-state index contributed by atoms with van der Waals surface area (Å²) in [6, 6.07) is 20.7. The zero-order chi connectivity index (χ0) is 23.2. The molecule has 0 radical (unpaired) electrons. The van der Waals surface area contributed by atoms with E-state index in [4.69, 9.17) is 0 Å². The summed E-state index contributed by atoms with van der Waals surface area (Å²) in [6.45, 7) is 2.55. The molecule has 2 aliphatic heterocycles. The first-order chi connectivity index (χ1) is 15.9. The molecule has 0 N–H and O–H groups in total. The lowest BCUT2D eigenvalue weighted by molar-refractivity contribution is -0.123. The van der Waals surface area contributed by atoms with E-state index in [1.807, 2.05) is 25.1 Å². The van der Waals surface area contributed by atoms with E-state index in [9.17, 15) is 19.2 Å². The zero-order valence-electron chi connectivity index (χ0n) is 17.9. The molecule has 7 heteroatoms. The van der Waals surface area contributed by atoms with Crippen molar-refractivity contribution in [2.75, 3.05) is 17.2 Å². The first-order valence-electron chi connectivity index (χ1n) is 10.6. The molecule has 3 aromatic carbocycles. The Morgan fingerprint density at radius 2 is 1.94 bits per heavy atom. The van der Waals surface area contributed by atoms with Gasteiger partial charge < -0.3 is 9.80 Å². The summed E-state index contributed by atoms with van der Waals surface area (Å²) in [4.78, 5) is 29.4. The molecule has 1 saturated heterocycles. The van der Waals surface area contributed by atoms with Crippen LogP contribution in [0.5, 0.6) is 0 Å². The molecule has 33 heavy (non-hydrogen) atoms. The molecule has 3 aromatic rings. The fraction of sp³-hybridized carbons (Fsp3) is 0.192. The van der Waals surface area contributed by atoms with Gasteiger partial charge >= 0.3 is 0 Å². The molecule has 0 aliphatic carbocycles. The number of thioether (sulfide) groups is 1. The minimum Gasteiger partial charge on any atom is -0.311 e. The first kappa shape index (κ1) is 21.2. The summed E-state index contributed by atoms with van der Waals surface area (Å²) in [5.74, 6) is -0.411. The SMILES string of the molecule is Cc1ccc(C(=O)N2CCSC23C(=O)N(Cc2cccc(C#N)c2)c2ccc(F)cc23)cc1. The zero-order valence-corrected chi connectivity index (χ0v) is 18.7. The van der Waals surface area contributed by atoms with Crippen LogP contribution in [0.2, 0.25) is 0 Å². The summed E-state index contributed by atoms with van der Waals surface area (Å²) in [7, 11) is 0. The Hall–Kier alpha value is -3.63. The number of amides is 2. The minimum absolute atomic E-state index is 0.224. The van der Waals surface area contributed by atoms with Crippen molar-refractivity contribution < 1.29 is 14.0 Å². The van der Waals surface area contributed by atoms with Crippen LogP contribution in [0.15, 0.2) is 66.7 Å². The molecule has 5 rings (SSSR count). The molecule has 1 atom stereocenters. The molecule has 0 saturated carbocycles. The van der Waals surface area contributed by atoms with Crippen LogP contribution in [0.1, 0.15) is 32.6 Å². The summed E-state index contributed by atoms with van der Waals surface area (Å²) >= 11 is 1.36. The average Bonchev–Trinajstić information content (AvgIpc) is 3.36. The van der Waals surface area contributed by atoms with E-state index in [-0.39, 0.29) is 18.4 Å². The number of carbonyl (C=O) groups is 2. The van der Waals surface area contributed by atoms with Crippen LogP contribution < -0.4 is 4.90 Å². The van der Waals surface area contributed by atoms with Crippen LogP contribution in [0, 0.1) is 24.1 Å². The third-order valence-electron chi connectivity index (χ3n) is 6.10. The number of benzene rings is 3. The number of carbonyl (C=O) groups excluding carboxylic acids is 2. The maximum atomic E-state index is 14.4. The molecule has 5 nitrogen and oxygen atoms in total. The van der Waals surface area contributed by atoms with Crippen LogP contribution in [0.3, 0.4) is 0 Å². The maximum absolute atomic E-state index is 14.4. The molecule has 2 aliphatic rings. The normalized spacial score (nSPS) is 19.1. The second-order valence-corrected chi connectivity index (χ2v) is 9.47. The van der Waals surface area contributed by atoms with Crippen LogP contribution in [0.25, 0.3) is 0 Å². The van der Waals surface area contributed by atoms with Crippen LogP contribution in [0.4, 0.5) is 10.1 Å². The van der Waals surface area contributed by atoms with E-state index in [0.717, 1.165) is 11.1 Å². The van der Waals surface area contributed by atoms with Gasteiger partial charge in [-0.2, -0.15) is 5.26 Å². The van der Waals surface area contributed by atoms with Gasteiger partial charge in [-0.15, -0.1) is 11.8 Å². The maximum Gasteiger partial charge on any atom is 0.268 e. The topological polar surface area (TPSA) is 64.4 Å². The molecule has 164 valence electrons. The summed E-state index contributed by atoms with van der Waals surface area (Å²) in [5.41, 5.74) is 3.89. The van der Waals surface area contributed by atoms with Gasteiger partial charge in [-0.05, 0) is 55.0 Å². The van der Waals surface area contributed by atoms with E-state index in [0.29, 0.717) is 34.7 Å². The number of nitrogens with zero attached hydrogens (tertiary/aromatic N) is 3. The monoisotopic (exact) mass is 457 g/mol. The standard InChI is InChI=1S/C26H20FN3O2S/c1-17-5-7-20(8-6-17)24(31)30-11-12-33-26(30)22-14-21(27)9-10-23(22)29(25(26)32)16-19-4-2-3-18(13-19)15-28/h2-10,13-14H,11-12,16H2,1H3. The Morgan fingerprint density at radius 3 is 2.70 bits per heavy atom. The number of aryl methyl sites for hydroxylation is 1. The Kier molecular flexibility index (Phi) is 5.18. The quantitative estimate of drug-likeness (QED) is 0.577. The third kappa shape index (κ3) is 3.38. The second-order valence-electron chi connectivity index (χ2n) is 8.18. The molecule has 1 fully saturated rings. The Morgan fingerprint density at radius 1 is 1.15 bits per heavy atom. The van der Waals surface area contributed by atoms with Gasteiger partial charge in [-0.3, -0.25) is 9.59 Å². The molecular weight excluding hydrogens is 437 g/mol. The fourth-order valence-electron chi connectivity index (χ4n) is 4.52. The highest BCUT2D eigenvalue weighted by atomic mass is 32.2. The van der Waals surface area contributed by atoms with Gasteiger partial charge in [0.2, 0.25) is 0 Å². The lowest BCUT2D eigenvalue weighted by Gasteiger charge is -2.33. The van der Waals surface area contributed by atoms with Gasteiger partial charge in [-0.1, -0.05) is 29.8 Å². The van der Waals surface area contributed by atoms with Crippen molar-refractivity contribution in [1.82, 2.24) is 4.90 Å². The Bertz CT molecular complexity index is 1320. The lowest BCUT2D eigenvalue weighted by atomic mass is 10.0. The number of nitriles is 1. The number of anilines is 1. The second kappa shape index (κ2) is 8.05. The van der Waals surface area contributed by atoms with Crippen molar-refractivity contribution in [2.24, 2.45) is 0 Å². The van der Waals surface area contributed by atoms with Gasteiger partial charge in [0.15, 0.2) is 4.87 Å². The molecule has 2 amide bonds. The highest BCUT2D eigenvalue weighted by molar-refractivity contribution is 8.01. The largest absolute Gasteiger partial charge is 0.311 e. The lowest BCUT2D eigenvalue weighted by Crippen LogP contribution is -2.50. The van der Waals surface area contributed by atoms with Crippen molar-refractivity contribution in [1.29, 1.82) is 5.26 Å². The third-order valence-corrected chi connectivity index (χ3v) is 7.52. The van der Waals surface area contributed by atoms with E-state index < -0.39 is 10.7 Å². The summed E-state index contributed by atoms with van der Waals surface area (Å²) < 4.78 is 14.4. The van der Waals surface area contributed by atoms with Crippen molar-refractivity contribution in [3.05, 3.63) is 100 Å². The van der Waals surface area contributed by atoms with E-state index in [1.54, 1.807) is 46.2 Å². The van der Waals surface area contributed by atoms with Gasteiger partial charge in [0, 0.05) is 23.4 Å². The predicted molar refractivity (Wildman–Crippen MR) is 125 cm³/mol. The Balaban J connectivity index is 1.59. The van der Waals surface area contributed by atoms with Crippen LogP contribution in [-0.4, -0.2) is 29.0 Å².